The van der Waals surface area contributed by atoms with Crippen LogP contribution < -0.4 is 19.5 Å². The van der Waals surface area contributed by atoms with Gasteiger partial charge in [0.2, 0.25) is 5.91 Å². The summed E-state index contributed by atoms with van der Waals surface area (Å²) in [5, 5.41) is 2.94. The van der Waals surface area contributed by atoms with E-state index in [1.807, 2.05) is 31.2 Å². The number of halogens is 1. The fourth-order valence-electron chi connectivity index (χ4n) is 2.51. The molecule has 0 radical (unpaired) electrons. The van der Waals surface area contributed by atoms with Gasteiger partial charge in [0.25, 0.3) is 0 Å². The lowest BCUT2D eigenvalue weighted by Crippen LogP contribution is -2.24. The van der Waals surface area contributed by atoms with Crippen LogP contribution in [0.3, 0.4) is 0 Å². The van der Waals surface area contributed by atoms with E-state index >= 15 is 0 Å². The van der Waals surface area contributed by atoms with E-state index in [0.29, 0.717) is 22.8 Å². The van der Waals surface area contributed by atoms with Gasteiger partial charge in [0.15, 0.2) is 11.5 Å². The summed E-state index contributed by atoms with van der Waals surface area (Å²) in [6.07, 6.45) is 3.15. The minimum absolute atomic E-state index is 0.130. The summed E-state index contributed by atoms with van der Waals surface area (Å²) in [5.74, 6) is 1.51. The molecule has 0 aliphatic heterocycles. The average molecular weight is 420 g/mol. The Morgan fingerprint density at radius 1 is 1.04 bits per heavy atom. The summed E-state index contributed by atoms with van der Waals surface area (Å²) >= 11 is 3.50. The first-order valence-electron chi connectivity index (χ1n) is 8.03. The maximum Gasteiger partial charge on any atom is 0.244 e. The fourth-order valence-corrected chi connectivity index (χ4v) is 3.14. The number of amides is 1. The first-order valence-corrected chi connectivity index (χ1v) is 8.82. The lowest BCUT2D eigenvalue weighted by Gasteiger charge is -2.15. The average Bonchev–Trinajstić information content (AvgIpc) is 2.65. The first-order chi connectivity index (χ1) is 12.5. The number of hydrogen-bond donors (Lipinski definition) is 1. The van der Waals surface area contributed by atoms with Crippen molar-refractivity contribution in [2.75, 3.05) is 21.3 Å². The van der Waals surface area contributed by atoms with Gasteiger partial charge in [-0.2, -0.15) is 0 Å². The molecule has 0 aromatic heterocycles. The van der Waals surface area contributed by atoms with Gasteiger partial charge in [-0.05, 0) is 30.7 Å². The molecule has 1 N–H and O–H groups in total. The Morgan fingerprint density at radius 3 is 2.27 bits per heavy atom. The largest absolute Gasteiger partial charge is 0.496 e. The van der Waals surface area contributed by atoms with Gasteiger partial charge in [0.05, 0.1) is 27.4 Å². The van der Waals surface area contributed by atoms with Crippen molar-refractivity contribution >= 4 is 27.9 Å². The molecule has 0 saturated heterocycles. The van der Waals surface area contributed by atoms with Crippen LogP contribution in [0.25, 0.3) is 6.08 Å². The minimum Gasteiger partial charge on any atom is -0.496 e. The van der Waals surface area contributed by atoms with Crippen LogP contribution in [0.15, 0.2) is 46.9 Å². The molecule has 2 rings (SSSR count). The summed E-state index contributed by atoms with van der Waals surface area (Å²) in [4.78, 5) is 12.3. The Labute approximate surface area is 162 Å². The van der Waals surface area contributed by atoms with E-state index < -0.39 is 0 Å². The standard InChI is InChI=1S/C20H22BrNO4/c1-13(15-7-5-6-8-16(15)21)22-20(23)10-9-14-11-18(25-3)19(26-4)12-17(14)24-2/h5-13H,1-4H3,(H,22,23)/b10-9+/t13-/m0/s1. The number of methoxy groups -OCH3 is 3. The number of carbonyl (C=O) groups is 1. The van der Waals surface area contributed by atoms with Crippen molar-refractivity contribution in [3.8, 4) is 17.2 Å². The highest BCUT2D eigenvalue weighted by Crippen LogP contribution is 2.35. The maximum absolute atomic E-state index is 12.3. The predicted octanol–water partition coefficient (Wildman–Crippen LogP) is 4.37. The van der Waals surface area contributed by atoms with Gasteiger partial charge in [-0.3, -0.25) is 4.79 Å². The van der Waals surface area contributed by atoms with Gasteiger partial charge in [0, 0.05) is 22.2 Å². The highest BCUT2D eigenvalue weighted by molar-refractivity contribution is 9.10. The van der Waals surface area contributed by atoms with Crippen LogP contribution in [0.2, 0.25) is 0 Å². The molecule has 0 aliphatic carbocycles. The smallest absolute Gasteiger partial charge is 0.244 e. The van der Waals surface area contributed by atoms with Crippen LogP contribution in [0.4, 0.5) is 0 Å². The van der Waals surface area contributed by atoms with Crippen LogP contribution in [0.5, 0.6) is 17.2 Å². The van der Waals surface area contributed by atoms with Crippen molar-refractivity contribution in [3.63, 3.8) is 0 Å². The van der Waals surface area contributed by atoms with Crippen molar-refractivity contribution in [2.24, 2.45) is 0 Å². The Morgan fingerprint density at radius 2 is 1.65 bits per heavy atom. The monoisotopic (exact) mass is 419 g/mol. The lowest BCUT2D eigenvalue weighted by atomic mass is 10.1. The SMILES string of the molecule is COc1cc(OC)c(OC)cc1/C=C/C(=O)N[C@@H](C)c1ccccc1Br. The van der Waals surface area contributed by atoms with Gasteiger partial charge >= 0.3 is 0 Å². The third-order valence-electron chi connectivity index (χ3n) is 3.88. The highest BCUT2D eigenvalue weighted by Gasteiger charge is 2.12. The number of benzene rings is 2. The Kier molecular flexibility index (Phi) is 7.09. The predicted molar refractivity (Wildman–Crippen MR) is 106 cm³/mol. The van der Waals surface area contributed by atoms with Gasteiger partial charge in [0.1, 0.15) is 5.75 Å². The van der Waals surface area contributed by atoms with E-state index in [1.54, 1.807) is 39.5 Å². The van der Waals surface area contributed by atoms with Crippen LogP contribution in [0, 0.1) is 0 Å². The quantitative estimate of drug-likeness (QED) is 0.677. The Balaban J connectivity index is 2.16. The summed E-state index contributed by atoms with van der Waals surface area (Å²) in [5.41, 5.74) is 1.73. The molecule has 0 bridgehead atoms. The summed E-state index contributed by atoms with van der Waals surface area (Å²) in [6.45, 7) is 1.93. The van der Waals surface area contributed by atoms with E-state index in [2.05, 4.69) is 21.2 Å². The van der Waals surface area contributed by atoms with E-state index in [4.69, 9.17) is 14.2 Å². The second-order valence-electron chi connectivity index (χ2n) is 5.53. The number of ether oxygens (including phenoxy) is 3. The Hall–Kier alpha value is -2.47. The summed E-state index contributed by atoms with van der Waals surface area (Å²) < 4.78 is 16.9. The number of nitrogens with one attached hydrogen (secondary N) is 1. The summed E-state index contributed by atoms with van der Waals surface area (Å²) in [6, 6.07) is 11.1. The molecule has 0 saturated carbocycles. The zero-order chi connectivity index (χ0) is 19.1. The molecule has 2 aromatic carbocycles. The van der Waals surface area contributed by atoms with Gasteiger partial charge in [-0.25, -0.2) is 0 Å². The molecule has 0 aliphatic rings. The molecule has 26 heavy (non-hydrogen) atoms. The highest BCUT2D eigenvalue weighted by atomic mass is 79.9. The molecule has 1 atom stereocenters. The minimum atomic E-state index is -0.204. The number of carbonyl (C=O) groups excluding carboxylic acids is 1. The molecule has 6 heteroatoms. The molecule has 0 spiro atoms. The van der Waals surface area contributed by atoms with E-state index in [9.17, 15) is 4.79 Å². The van der Waals surface area contributed by atoms with E-state index in [1.165, 1.54) is 6.08 Å². The maximum atomic E-state index is 12.3. The second-order valence-corrected chi connectivity index (χ2v) is 6.39. The fraction of sp³-hybridized carbons (Fsp3) is 0.250. The molecule has 2 aromatic rings. The van der Waals surface area contributed by atoms with Gasteiger partial charge in [-0.15, -0.1) is 0 Å². The number of hydrogen-bond acceptors (Lipinski definition) is 4. The molecule has 0 heterocycles. The molecular weight excluding hydrogens is 398 g/mol. The van der Waals surface area contributed by atoms with E-state index in [-0.39, 0.29) is 11.9 Å². The molecular formula is C20H22BrNO4. The van der Waals surface area contributed by atoms with Crippen molar-refractivity contribution < 1.29 is 19.0 Å². The van der Waals surface area contributed by atoms with Crippen molar-refractivity contribution in [2.45, 2.75) is 13.0 Å². The van der Waals surface area contributed by atoms with Crippen LogP contribution >= 0.6 is 15.9 Å². The van der Waals surface area contributed by atoms with Crippen molar-refractivity contribution in [1.29, 1.82) is 0 Å². The number of rotatable bonds is 7. The zero-order valence-corrected chi connectivity index (χ0v) is 16.8. The van der Waals surface area contributed by atoms with Crippen molar-refractivity contribution in [3.05, 3.63) is 58.1 Å². The third kappa shape index (κ3) is 4.79. The normalized spacial score (nSPS) is 11.9. The van der Waals surface area contributed by atoms with Crippen LogP contribution in [-0.4, -0.2) is 27.2 Å². The second kappa shape index (κ2) is 9.29. The molecule has 0 unspecified atom stereocenters. The molecule has 1 amide bonds. The Bertz CT molecular complexity index is 804. The lowest BCUT2D eigenvalue weighted by molar-refractivity contribution is -0.117. The van der Waals surface area contributed by atoms with Gasteiger partial charge < -0.3 is 19.5 Å². The van der Waals surface area contributed by atoms with E-state index in [0.717, 1.165) is 10.0 Å². The molecule has 138 valence electrons. The van der Waals surface area contributed by atoms with Gasteiger partial charge in [-0.1, -0.05) is 34.1 Å². The zero-order valence-electron chi connectivity index (χ0n) is 15.2. The molecule has 0 fully saturated rings. The third-order valence-corrected chi connectivity index (χ3v) is 4.60. The first kappa shape index (κ1) is 19.8. The van der Waals surface area contributed by atoms with Crippen molar-refractivity contribution in [1.82, 2.24) is 5.32 Å². The van der Waals surface area contributed by atoms with Crippen LogP contribution in [0.1, 0.15) is 24.1 Å². The summed E-state index contributed by atoms with van der Waals surface area (Å²) in [7, 11) is 4.68. The molecule has 5 nitrogen and oxygen atoms in total. The topological polar surface area (TPSA) is 56.8 Å². The van der Waals surface area contributed by atoms with Crippen LogP contribution in [-0.2, 0) is 4.79 Å².